The van der Waals surface area contributed by atoms with E-state index in [1.165, 1.54) is 25.7 Å². The van der Waals surface area contributed by atoms with Crippen LogP contribution in [0.25, 0.3) is 0 Å². The Balaban J connectivity index is 2.21. The molecule has 1 heterocycles. The van der Waals surface area contributed by atoms with E-state index in [0.29, 0.717) is 6.42 Å². The quantitative estimate of drug-likeness (QED) is 0.353. The highest BCUT2D eigenvalue weighted by Gasteiger charge is 2.45. The molecule has 1 fully saturated rings. The van der Waals surface area contributed by atoms with Crippen LogP contribution in [0.2, 0.25) is 0 Å². The zero-order valence-electron chi connectivity index (χ0n) is 13.8. The largest absolute Gasteiger partial charge is 0.394 e. The smallest absolute Gasteiger partial charge is 0.269 e. The van der Waals surface area contributed by atoms with E-state index in [4.69, 9.17) is 14.0 Å². The first-order valence-corrected chi connectivity index (χ1v) is 10.0. The van der Waals surface area contributed by atoms with Crippen molar-refractivity contribution in [2.24, 2.45) is 0 Å². The van der Waals surface area contributed by atoms with Crippen LogP contribution in [-0.4, -0.2) is 60.7 Å². The fourth-order valence-corrected chi connectivity index (χ4v) is 3.65. The highest BCUT2D eigenvalue weighted by atomic mass is 32.2. The third-order valence-corrected chi connectivity index (χ3v) is 5.26. The van der Waals surface area contributed by atoms with Crippen molar-refractivity contribution >= 4 is 10.1 Å². The molecular weight excluding hydrogens is 324 g/mol. The fourth-order valence-electron chi connectivity index (χ4n) is 2.55. The summed E-state index contributed by atoms with van der Waals surface area (Å²) in [4.78, 5) is 0. The summed E-state index contributed by atoms with van der Waals surface area (Å²) in [5.41, 5.74) is 0. The van der Waals surface area contributed by atoms with Gasteiger partial charge < -0.3 is 20.1 Å². The molecule has 3 N–H and O–H groups in total. The monoisotopic (exact) mass is 354 g/mol. The number of rotatable bonds is 12. The van der Waals surface area contributed by atoms with Crippen LogP contribution in [0.3, 0.4) is 0 Å². The first kappa shape index (κ1) is 20.8. The lowest BCUT2D eigenvalue weighted by Crippen LogP contribution is -2.35. The van der Waals surface area contributed by atoms with E-state index in [1.807, 2.05) is 0 Å². The van der Waals surface area contributed by atoms with Gasteiger partial charge in [-0.1, -0.05) is 51.9 Å². The van der Waals surface area contributed by atoms with Gasteiger partial charge in [-0.2, -0.15) is 8.42 Å². The van der Waals surface area contributed by atoms with Gasteiger partial charge in [0.05, 0.1) is 12.4 Å². The summed E-state index contributed by atoms with van der Waals surface area (Å²) in [5.74, 6) is -0.144. The standard InChI is InChI=1S/C15H30O7S/c1-2-3-4-5-6-7-8-9-10-23(19,20)22-15-14(18)13(17)12(11-16)21-15/h12-18H,2-11H2,1H3/t12-,13-,14+,15+/m1/s1. The summed E-state index contributed by atoms with van der Waals surface area (Å²) in [6.45, 7) is 1.65. The molecule has 0 amide bonds. The van der Waals surface area contributed by atoms with Crippen molar-refractivity contribution in [3.05, 3.63) is 0 Å². The number of ether oxygens (including phenoxy) is 1. The van der Waals surface area contributed by atoms with E-state index in [-0.39, 0.29) is 5.75 Å². The van der Waals surface area contributed by atoms with Crippen molar-refractivity contribution in [2.45, 2.75) is 82.9 Å². The Morgan fingerprint density at radius 2 is 1.52 bits per heavy atom. The maximum absolute atomic E-state index is 11.9. The van der Waals surface area contributed by atoms with Gasteiger partial charge in [-0.05, 0) is 6.42 Å². The third-order valence-electron chi connectivity index (χ3n) is 3.99. The van der Waals surface area contributed by atoms with Gasteiger partial charge in [-0.25, -0.2) is 4.18 Å². The van der Waals surface area contributed by atoms with E-state index in [2.05, 4.69) is 6.92 Å². The van der Waals surface area contributed by atoms with Gasteiger partial charge >= 0.3 is 0 Å². The molecule has 4 atom stereocenters. The molecule has 0 unspecified atom stereocenters. The second-order valence-corrected chi connectivity index (χ2v) is 7.76. The van der Waals surface area contributed by atoms with Crippen LogP contribution >= 0.6 is 0 Å². The lowest BCUT2D eigenvalue weighted by molar-refractivity contribution is -0.113. The third kappa shape index (κ3) is 7.45. The molecule has 1 rings (SSSR count). The SMILES string of the molecule is CCCCCCCCCCS(=O)(=O)O[C@@H]1O[C@H](CO)[C@@H](O)[C@@H]1O. The van der Waals surface area contributed by atoms with Gasteiger partial charge in [0.1, 0.15) is 18.3 Å². The van der Waals surface area contributed by atoms with E-state index in [9.17, 15) is 18.6 Å². The Bertz CT molecular complexity index is 412. The first-order valence-electron chi connectivity index (χ1n) is 8.44. The predicted molar refractivity (Wildman–Crippen MR) is 85.2 cm³/mol. The minimum atomic E-state index is -3.83. The lowest BCUT2D eigenvalue weighted by atomic mass is 10.1. The van der Waals surface area contributed by atoms with E-state index in [1.54, 1.807) is 0 Å². The zero-order valence-corrected chi connectivity index (χ0v) is 14.6. The maximum Gasteiger partial charge on any atom is 0.269 e. The minimum Gasteiger partial charge on any atom is -0.394 e. The van der Waals surface area contributed by atoms with Crippen molar-refractivity contribution in [3.63, 3.8) is 0 Å². The topological polar surface area (TPSA) is 113 Å². The number of aliphatic hydroxyl groups is 3. The number of hydrogen-bond donors (Lipinski definition) is 3. The van der Waals surface area contributed by atoms with Gasteiger partial charge in [0, 0.05) is 0 Å². The van der Waals surface area contributed by atoms with Gasteiger partial charge in [0.25, 0.3) is 10.1 Å². The average Bonchev–Trinajstić information content (AvgIpc) is 2.77. The summed E-state index contributed by atoms with van der Waals surface area (Å²) in [5, 5.41) is 28.2. The van der Waals surface area contributed by atoms with Crippen LogP contribution in [0, 0.1) is 0 Å². The Morgan fingerprint density at radius 3 is 2.04 bits per heavy atom. The molecule has 1 saturated heterocycles. The average molecular weight is 354 g/mol. The van der Waals surface area contributed by atoms with Crippen molar-refractivity contribution in [1.82, 2.24) is 0 Å². The van der Waals surface area contributed by atoms with Crippen molar-refractivity contribution in [3.8, 4) is 0 Å². The first-order chi connectivity index (χ1) is 10.9. The molecule has 23 heavy (non-hydrogen) atoms. The van der Waals surface area contributed by atoms with Gasteiger partial charge in [-0.15, -0.1) is 0 Å². The molecule has 0 aromatic carbocycles. The van der Waals surface area contributed by atoms with Crippen molar-refractivity contribution in [2.75, 3.05) is 12.4 Å². The van der Waals surface area contributed by atoms with Crippen LogP contribution in [0.15, 0.2) is 0 Å². The van der Waals surface area contributed by atoms with Crippen molar-refractivity contribution in [1.29, 1.82) is 0 Å². The zero-order chi connectivity index (χ0) is 17.3. The minimum absolute atomic E-state index is 0.144. The molecule has 0 bridgehead atoms. The molecule has 8 heteroatoms. The molecule has 138 valence electrons. The summed E-state index contributed by atoms with van der Waals surface area (Å²) < 4.78 is 33.5. The highest BCUT2D eigenvalue weighted by Crippen LogP contribution is 2.23. The van der Waals surface area contributed by atoms with Crippen LogP contribution in [0.5, 0.6) is 0 Å². The molecule has 0 aliphatic carbocycles. The second kappa shape index (κ2) is 10.6. The van der Waals surface area contributed by atoms with Gasteiger partial charge in [0.2, 0.25) is 6.29 Å². The number of aliphatic hydroxyl groups excluding tert-OH is 3. The molecule has 7 nitrogen and oxygen atoms in total. The van der Waals surface area contributed by atoms with Gasteiger partial charge in [0.15, 0.2) is 0 Å². The Hall–Kier alpha value is -0.250. The van der Waals surface area contributed by atoms with E-state index >= 15 is 0 Å². The van der Waals surface area contributed by atoms with Crippen LogP contribution in [0.4, 0.5) is 0 Å². The number of hydrogen-bond acceptors (Lipinski definition) is 7. The van der Waals surface area contributed by atoms with Crippen LogP contribution < -0.4 is 0 Å². The molecule has 1 aliphatic heterocycles. The molecular formula is C15H30O7S. The summed E-state index contributed by atoms with van der Waals surface area (Å²) in [6.07, 6.45) is 2.92. The normalized spacial score (nSPS) is 28.3. The molecule has 1 aliphatic rings. The fraction of sp³-hybridized carbons (Fsp3) is 1.00. The maximum atomic E-state index is 11.9. The summed E-state index contributed by atoms with van der Waals surface area (Å²) in [7, 11) is -3.83. The van der Waals surface area contributed by atoms with Crippen LogP contribution in [-0.2, 0) is 19.0 Å². The molecule has 0 spiro atoms. The second-order valence-electron chi connectivity index (χ2n) is 6.04. The molecule has 0 saturated carbocycles. The van der Waals surface area contributed by atoms with Crippen LogP contribution in [0.1, 0.15) is 58.3 Å². The summed E-state index contributed by atoms with van der Waals surface area (Å²) >= 11 is 0. The highest BCUT2D eigenvalue weighted by molar-refractivity contribution is 7.86. The summed E-state index contributed by atoms with van der Waals surface area (Å²) in [6, 6.07) is 0. The van der Waals surface area contributed by atoms with Gasteiger partial charge in [-0.3, -0.25) is 0 Å². The molecule has 0 aromatic rings. The van der Waals surface area contributed by atoms with E-state index in [0.717, 1.165) is 19.3 Å². The Morgan fingerprint density at radius 1 is 0.957 bits per heavy atom. The molecule has 0 radical (unpaired) electrons. The number of unbranched alkanes of at least 4 members (excludes halogenated alkanes) is 7. The van der Waals surface area contributed by atoms with E-state index < -0.39 is 41.3 Å². The Kier molecular flexibility index (Phi) is 9.57. The van der Waals surface area contributed by atoms with Crippen molar-refractivity contribution < 1.29 is 32.7 Å². The lowest BCUT2D eigenvalue weighted by Gasteiger charge is -2.15. The Labute approximate surface area is 138 Å². The predicted octanol–water partition coefficient (Wildman–Crippen LogP) is 0.912. The molecule has 0 aromatic heterocycles.